The maximum atomic E-state index is 13.6. The number of aromatic hydroxyl groups is 1. The zero-order valence-corrected chi connectivity index (χ0v) is 21.3. The maximum absolute atomic E-state index is 13.6. The smallest absolute Gasteiger partial charge is 0.177 e. The molecular formula is C31H37NO4. The van der Waals surface area contributed by atoms with E-state index in [4.69, 9.17) is 9.47 Å². The van der Waals surface area contributed by atoms with Crippen LogP contribution in [0.1, 0.15) is 68.6 Å². The third kappa shape index (κ3) is 2.87. The van der Waals surface area contributed by atoms with Gasteiger partial charge in [-0.05, 0) is 81.5 Å². The third-order valence-electron chi connectivity index (χ3n) is 10.4. The largest absolute Gasteiger partial charge is 0.504 e. The van der Waals surface area contributed by atoms with Crippen LogP contribution in [0, 0.1) is 5.92 Å². The van der Waals surface area contributed by atoms with Gasteiger partial charge in [0.15, 0.2) is 22.9 Å². The Hall–Kier alpha value is -2.37. The minimum Gasteiger partial charge on any atom is -0.504 e. The summed E-state index contributed by atoms with van der Waals surface area (Å²) in [5.74, 6) is 1.62. The van der Waals surface area contributed by atoms with Gasteiger partial charge in [0.25, 0.3) is 0 Å². The molecule has 1 saturated heterocycles. The van der Waals surface area contributed by atoms with Gasteiger partial charge in [-0.3, -0.25) is 9.69 Å². The Labute approximate surface area is 213 Å². The van der Waals surface area contributed by atoms with Crippen molar-refractivity contribution in [2.45, 2.75) is 87.4 Å². The Morgan fingerprint density at radius 2 is 1.97 bits per heavy atom. The number of benzene rings is 2. The van der Waals surface area contributed by atoms with Gasteiger partial charge >= 0.3 is 0 Å². The van der Waals surface area contributed by atoms with Crippen LogP contribution in [0.3, 0.4) is 0 Å². The van der Waals surface area contributed by atoms with E-state index in [0.717, 1.165) is 56.7 Å². The molecule has 5 heteroatoms. The number of ether oxygens (including phenoxy) is 2. The van der Waals surface area contributed by atoms with Crippen LogP contribution in [0.15, 0.2) is 42.5 Å². The Morgan fingerprint density at radius 3 is 2.75 bits per heavy atom. The van der Waals surface area contributed by atoms with Crippen molar-refractivity contribution in [1.82, 2.24) is 4.90 Å². The van der Waals surface area contributed by atoms with Gasteiger partial charge in [-0.1, -0.05) is 42.8 Å². The molecule has 0 amide bonds. The summed E-state index contributed by atoms with van der Waals surface area (Å²) in [5, 5.41) is 10.9. The van der Waals surface area contributed by atoms with Crippen molar-refractivity contribution in [3.8, 4) is 11.5 Å². The number of Topliss-reactive ketones (excluding diaryl/α,β-unsaturated/α-hetero) is 1. The standard InChI is InChI=1S/C31H37NO4/c1-29-26(34)14-15-31(35-18-6-11-21-7-3-2-4-8-21)25-19-23-12-13-24(33)28(36-29)27(23)30(29,31)16-17-32(25)20-22-9-5-10-22/h2-4,7-8,12-13,22,25,33H,5-6,9-11,14-20H2,1H3/t25-,29?,30+,31-/m1/s1. The molecule has 2 saturated carbocycles. The molecule has 0 radical (unpaired) electrons. The molecule has 2 aliphatic heterocycles. The molecule has 1 N–H and O–H groups in total. The van der Waals surface area contributed by atoms with Gasteiger partial charge in [0, 0.05) is 31.2 Å². The van der Waals surface area contributed by atoms with Crippen LogP contribution in [-0.2, 0) is 27.8 Å². The van der Waals surface area contributed by atoms with Crippen LogP contribution < -0.4 is 4.74 Å². The number of aryl methyl sites for hydroxylation is 1. The zero-order chi connectivity index (χ0) is 24.5. The number of hydrogen-bond donors (Lipinski definition) is 1. The summed E-state index contributed by atoms with van der Waals surface area (Å²) in [4.78, 5) is 16.4. The molecule has 36 heavy (non-hydrogen) atoms. The molecule has 190 valence electrons. The fourth-order valence-corrected chi connectivity index (χ4v) is 8.53. The van der Waals surface area contributed by atoms with Crippen LogP contribution >= 0.6 is 0 Å². The molecule has 3 fully saturated rings. The van der Waals surface area contributed by atoms with Crippen molar-refractivity contribution in [2.24, 2.45) is 5.92 Å². The van der Waals surface area contributed by atoms with Crippen LogP contribution in [0.2, 0.25) is 0 Å². The van der Waals surface area contributed by atoms with E-state index in [1.807, 2.05) is 6.92 Å². The van der Waals surface area contributed by atoms with Gasteiger partial charge < -0.3 is 14.6 Å². The van der Waals surface area contributed by atoms with E-state index in [1.54, 1.807) is 6.07 Å². The summed E-state index contributed by atoms with van der Waals surface area (Å²) < 4.78 is 13.7. The third-order valence-corrected chi connectivity index (χ3v) is 10.4. The Balaban J connectivity index is 1.30. The first-order valence-electron chi connectivity index (χ1n) is 14.0. The van der Waals surface area contributed by atoms with Crippen molar-refractivity contribution in [2.75, 3.05) is 19.7 Å². The second kappa shape index (κ2) is 8.06. The lowest BCUT2D eigenvalue weighted by Crippen LogP contribution is -2.81. The first kappa shape index (κ1) is 22.8. The molecule has 2 heterocycles. The molecule has 4 atom stereocenters. The van der Waals surface area contributed by atoms with Crippen molar-refractivity contribution in [3.63, 3.8) is 0 Å². The number of carbonyl (C=O) groups is 1. The number of hydrogen-bond acceptors (Lipinski definition) is 5. The van der Waals surface area contributed by atoms with Crippen LogP contribution in [-0.4, -0.2) is 52.7 Å². The molecule has 0 aromatic heterocycles. The van der Waals surface area contributed by atoms with E-state index in [1.165, 1.54) is 30.4 Å². The lowest BCUT2D eigenvalue weighted by atomic mass is 9.45. The SMILES string of the molecule is CC12Oc3c(O)ccc4c3[C@@]13CCN(CC1CCC1)[C@H](C4)[C@]3(OCCCc1ccccc1)CCC2=O. The van der Waals surface area contributed by atoms with Crippen molar-refractivity contribution >= 4 is 5.78 Å². The molecule has 1 spiro atoms. The number of ketones is 1. The highest BCUT2D eigenvalue weighted by Gasteiger charge is 2.78. The fourth-order valence-electron chi connectivity index (χ4n) is 8.53. The highest BCUT2D eigenvalue weighted by molar-refractivity contribution is 5.94. The molecule has 5 nitrogen and oxygen atoms in total. The summed E-state index contributed by atoms with van der Waals surface area (Å²) in [6.07, 6.45) is 8.86. The zero-order valence-electron chi connectivity index (χ0n) is 21.3. The first-order valence-corrected chi connectivity index (χ1v) is 14.0. The molecule has 7 rings (SSSR count). The summed E-state index contributed by atoms with van der Waals surface area (Å²) in [6.45, 7) is 4.74. The molecule has 2 bridgehead atoms. The number of piperidine rings is 1. The molecule has 2 aromatic rings. The van der Waals surface area contributed by atoms with Gasteiger partial charge in [0.05, 0.1) is 11.0 Å². The predicted molar refractivity (Wildman–Crippen MR) is 138 cm³/mol. The second-order valence-corrected chi connectivity index (χ2v) is 12.0. The van der Waals surface area contributed by atoms with Crippen LogP contribution in [0.5, 0.6) is 11.5 Å². The van der Waals surface area contributed by atoms with Gasteiger partial charge in [-0.2, -0.15) is 0 Å². The summed E-state index contributed by atoms with van der Waals surface area (Å²) in [5.41, 5.74) is 1.60. The topological polar surface area (TPSA) is 59.0 Å². The number of likely N-dealkylation sites (tertiary alicyclic amines) is 1. The lowest BCUT2D eigenvalue weighted by Gasteiger charge is -2.67. The van der Waals surface area contributed by atoms with E-state index >= 15 is 0 Å². The number of carbonyl (C=O) groups excluding carboxylic acids is 1. The Bertz CT molecular complexity index is 1190. The normalized spacial score (nSPS) is 34.7. The summed E-state index contributed by atoms with van der Waals surface area (Å²) in [6, 6.07) is 14.7. The minimum absolute atomic E-state index is 0.153. The molecule has 2 aromatic carbocycles. The average Bonchev–Trinajstić information content (AvgIpc) is 3.14. The lowest BCUT2D eigenvalue weighted by molar-refractivity contribution is -0.232. The van der Waals surface area contributed by atoms with Gasteiger partial charge in [-0.15, -0.1) is 0 Å². The average molecular weight is 488 g/mol. The van der Waals surface area contributed by atoms with E-state index in [-0.39, 0.29) is 17.6 Å². The Kier molecular flexibility index (Phi) is 5.11. The number of rotatable bonds is 7. The summed E-state index contributed by atoms with van der Waals surface area (Å²) in [7, 11) is 0. The molecule has 3 aliphatic carbocycles. The van der Waals surface area contributed by atoms with E-state index in [0.29, 0.717) is 18.8 Å². The second-order valence-electron chi connectivity index (χ2n) is 12.0. The number of phenolic OH excluding ortho intramolecular Hbond substituents is 1. The van der Waals surface area contributed by atoms with Crippen LogP contribution in [0.4, 0.5) is 0 Å². The minimum atomic E-state index is -0.998. The highest BCUT2D eigenvalue weighted by Crippen LogP contribution is 2.69. The quantitative estimate of drug-likeness (QED) is 0.560. The summed E-state index contributed by atoms with van der Waals surface area (Å²) >= 11 is 0. The Morgan fingerprint density at radius 1 is 1.14 bits per heavy atom. The fraction of sp³-hybridized carbons (Fsp3) is 0.581. The number of phenols is 1. The maximum Gasteiger partial charge on any atom is 0.177 e. The van der Waals surface area contributed by atoms with Crippen LogP contribution in [0.25, 0.3) is 0 Å². The monoisotopic (exact) mass is 487 g/mol. The predicted octanol–water partition coefficient (Wildman–Crippen LogP) is 4.96. The van der Waals surface area contributed by atoms with Gasteiger partial charge in [0.1, 0.15) is 0 Å². The van der Waals surface area contributed by atoms with Crippen molar-refractivity contribution < 1.29 is 19.4 Å². The van der Waals surface area contributed by atoms with E-state index < -0.39 is 16.6 Å². The van der Waals surface area contributed by atoms with Gasteiger partial charge in [0.2, 0.25) is 0 Å². The van der Waals surface area contributed by atoms with Crippen molar-refractivity contribution in [1.29, 1.82) is 0 Å². The molecule has 1 unspecified atom stereocenters. The van der Waals surface area contributed by atoms with Gasteiger partial charge in [-0.25, -0.2) is 0 Å². The molecule has 5 aliphatic rings. The van der Waals surface area contributed by atoms with E-state index in [2.05, 4.69) is 41.3 Å². The highest BCUT2D eigenvalue weighted by atomic mass is 16.5. The van der Waals surface area contributed by atoms with Crippen molar-refractivity contribution in [3.05, 3.63) is 59.2 Å². The first-order chi connectivity index (χ1) is 17.5. The van der Waals surface area contributed by atoms with E-state index in [9.17, 15) is 9.90 Å². The molecular weight excluding hydrogens is 450 g/mol. The number of nitrogens with zero attached hydrogens (tertiary/aromatic N) is 1.